The van der Waals surface area contributed by atoms with Crippen LogP contribution in [0, 0.1) is 0 Å². The minimum Gasteiger partial charge on any atom is -0.479 e. The summed E-state index contributed by atoms with van der Waals surface area (Å²) in [7, 11) is -4.69. The lowest BCUT2D eigenvalue weighted by molar-refractivity contribution is -0.139. The summed E-state index contributed by atoms with van der Waals surface area (Å²) >= 11 is 0. The smallest absolute Gasteiger partial charge is 0.410 e. The van der Waals surface area contributed by atoms with Gasteiger partial charge in [0.1, 0.15) is 12.3 Å². The highest BCUT2D eigenvalue weighted by Gasteiger charge is 2.54. The van der Waals surface area contributed by atoms with Crippen molar-refractivity contribution >= 4 is 50.2 Å². The number of fused-ring (bicyclic) bond motifs is 1. The van der Waals surface area contributed by atoms with E-state index in [-0.39, 0.29) is 43.1 Å². The lowest BCUT2D eigenvalue weighted by Gasteiger charge is -2.25. The zero-order valence-corrected chi connectivity index (χ0v) is 26.4. The number of sulfone groups is 1. The minimum absolute atomic E-state index is 0.0394. The summed E-state index contributed by atoms with van der Waals surface area (Å²) in [5.41, 5.74) is 5.64. The molecule has 0 aliphatic carbocycles. The molecule has 1 fully saturated rings. The number of imidazole rings is 1. The molecule has 3 heterocycles. The quantitative estimate of drug-likeness (QED) is 0.155. The molecule has 2 amide bonds. The summed E-state index contributed by atoms with van der Waals surface area (Å²) in [5, 5.41) is 20.7. The molecule has 16 heteroatoms. The van der Waals surface area contributed by atoms with E-state index in [9.17, 15) is 27.9 Å². The molecule has 48 heavy (non-hydrogen) atoms. The molecule has 3 atom stereocenters. The highest BCUT2D eigenvalue weighted by atomic mass is 32.2. The van der Waals surface area contributed by atoms with Crippen LogP contribution in [0.1, 0.15) is 18.4 Å². The van der Waals surface area contributed by atoms with Gasteiger partial charge in [-0.15, -0.1) is 0 Å². The molecule has 4 aromatic rings. The van der Waals surface area contributed by atoms with Gasteiger partial charge in [0.2, 0.25) is 14.7 Å². The van der Waals surface area contributed by atoms with E-state index in [1.54, 1.807) is 42.7 Å². The van der Waals surface area contributed by atoms with Crippen LogP contribution in [0.25, 0.3) is 10.8 Å². The van der Waals surface area contributed by atoms with E-state index < -0.39 is 50.9 Å². The number of carbonyl (C=O) groups is 3. The summed E-state index contributed by atoms with van der Waals surface area (Å²) < 4.78 is 32.6. The maximum Gasteiger partial charge on any atom is 0.410 e. The van der Waals surface area contributed by atoms with Crippen molar-refractivity contribution < 1.29 is 37.5 Å². The first-order chi connectivity index (χ1) is 23.0. The number of hydrogen-bond acceptors (Lipinski definition) is 11. The summed E-state index contributed by atoms with van der Waals surface area (Å²) in [6.45, 7) is -0.575. The van der Waals surface area contributed by atoms with Gasteiger partial charge >= 0.3 is 12.1 Å². The van der Waals surface area contributed by atoms with Crippen LogP contribution in [0.5, 0.6) is 0 Å². The van der Waals surface area contributed by atoms with Crippen LogP contribution in [-0.4, -0.2) is 88.2 Å². The van der Waals surface area contributed by atoms with Gasteiger partial charge in [-0.05, 0) is 28.5 Å². The van der Waals surface area contributed by atoms with E-state index >= 15 is 0 Å². The normalized spacial score (nSPS) is 20.1. The number of oxime groups is 1. The number of H-pyrrole nitrogens is 1. The molecular formula is C32H33N7O8S. The Morgan fingerprint density at radius 1 is 1.10 bits per heavy atom. The summed E-state index contributed by atoms with van der Waals surface area (Å²) in [4.78, 5) is 49.9. The number of benzene rings is 3. The van der Waals surface area contributed by atoms with Gasteiger partial charge in [-0.2, -0.15) is 0 Å². The van der Waals surface area contributed by atoms with Gasteiger partial charge in [-0.1, -0.05) is 65.8 Å². The zero-order valence-electron chi connectivity index (χ0n) is 25.5. The van der Waals surface area contributed by atoms with Gasteiger partial charge in [-0.25, -0.2) is 23.0 Å². The molecule has 1 aromatic heterocycles. The fourth-order valence-electron chi connectivity index (χ4n) is 5.80. The molecule has 1 saturated heterocycles. The number of likely N-dealkylation sites (tertiary alicyclic amines) is 1. The number of anilines is 1. The first-order valence-electron chi connectivity index (χ1n) is 15.0. The Labute approximate surface area is 275 Å². The predicted octanol–water partition coefficient (Wildman–Crippen LogP) is 2.23. The Hall–Kier alpha value is -5.48. The number of carboxylic acid groups (broad SMARTS) is 1. The van der Waals surface area contributed by atoms with Crippen molar-refractivity contribution in [2.75, 3.05) is 25.0 Å². The average molecular weight is 676 g/mol. The molecule has 6 N–H and O–H groups in total. The van der Waals surface area contributed by atoms with Crippen molar-refractivity contribution in [1.82, 2.24) is 20.2 Å². The SMILES string of the molecule is N[C@](CNC(=O)C1=NOC2(C1)CC(CNc1ncc[nH]1)N(C(=O)OCc1ccccc1)C2)(C(=O)O)S(=O)(=O)c1ccc2ccccc2c1. The number of carbonyl (C=O) groups excluding carboxylic acids is 2. The third-order valence-corrected chi connectivity index (χ3v) is 10.6. The first-order valence-corrected chi connectivity index (χ1v) is 16.5. The van der Waals surface area contributed by atoms with Crippen molar-refractivity contribution in [1.29, 1.82) is 0 Å². The fourth-order valence-corrected chi connectivity index (χ4v) is 7.24. The van der Waals surface area contributed by atoms with Gasteiger partial charge in [0.05, 0.1) is 24.0 Å². The van der Waals surface area contributed by atoms with Crippen LogP contribution in [0.3, 0.4) is 0 Å². The highest BCUT2D eigenvalue weighted by molar-refractivity contribution is 7.93. The number of nitrogens with two attached hydrogens (primary N) is 1. The van der Waals surface area contributed by atoms with Gasteiger partial charge < -0.3 is 36.0 Å². The van der Waals surface area contributed by atoms with Gasteiger partial charge in [0.25, 0.3) is 5.91 Å². The molecule has 2 unspecified atom stereocenters. The largest absolute Gasteiger partial charge is 0.479 e. The molecule has 1 spiro atoms. The Balaban J connectivity index is 1.13. The number of nitrogens with one attached hydrogen (secondary N) is 3. The number of amides is 2. The van der Waals surface area contributed by atoms with Crippen molar-refractivity contribution in [2.45, 2.75) is 40.9 Å². The first kappa shape index (κ1) is 32.5. The fraction of sp³-hybridized carbons (Fsp3) is 0.281. The second-order valence-electron chi connectivity index (χ2n) is 11.7. The molecule has 3 aromatic carbocycles. The second-order valence-corrected chi connectivity index (χ2v) is 13.9. The van der Waals surface area contributed by atoms with Crippen molar-refractivity contribution in [2.24, 2.45) is 10.9 Å². The van der Waals surface area contributed by atoms with E-state index in [4.69, 9.17) is 15.3 Å². The summed E-state index contributed by atoms with van der Waals surface area (Å²) in [6.07, 6.45) is 2.87. The number of nitrogens with zero attached hydrogens (tertiary/aromatic N) is 3. The standard InChI is InChI=1S/C32H33N7O8S/c33-32(28(41)42,48(44,45)25-11-10-22-8-4-5-9-23(22)14-25)19-37-27(40)26-16-31(47-38-26)15-24(17-36-29-34-12-13-35-29)39(20-31)30(43)46-18-21-6-2-1-3-7-21/h1-14,24H,15-20,33H2,(H,37,40)(H,41,42)(H2,34,35,36)/t24?,31?,32-/m0/s1. The van der Waals surface area contributed by atoms with E-state index in [0.29, 0.717) is 11.3 Å². The van der Waals surface area contributed by atoms with Crippen LogP contribution in [0.15, 0.2) is 95.2 Å². The highest BCUT2D eigenvalue weighted by Crippen LogP contribution is 2.38. The third kappa shape index (κ3) is 6.39. The molecule has 2 aliphatic rings. The van der Waals surface area contributed by atoms with Crippen LogP contribution in [-0.2, 0) is 35.6 Å². The number of aromatic amines is 1. The molecule has 250 valence electrons. The number of carboxylic acids is 1. The van der Waals surface area contributed by atoms with E-state index in [1.807, 2.05) is 30.3 Å². The maximum atomic E-state index is 13.5. The number of ether oxygens (including phenoxy) is 1. The molecular weight excluding hydrogens is 642 g/mol. The predicted molar refractivity (Wildman–Crippen MR) is 173 cm³/mol. The Morgan fingerprint density at radius 3 is 2.58 bits per heavy atom. The van der Waals surface area contributed by atoms with Crippen molar-refractivity contribution in [3.05, 3.63) is 90.8 Å². The number of aromatic nitrogens is 2. The zero-order chi connectivity index (χ0) is 33.9. The van der Waals surface area contributed by atoms with Crippen molar-refractivity contribution in [3.8, 4) is 0 Å². The Morgan fingerprint density at radius 2 is 1.85 bits per heavy atom. The molecule has 0 radical (unpaired) electrons. The number of aliphatic carboxylic acids is 1. The molecule has 15 nitrogen and oxygen atoms in total. The number of hydrogen-bond donors (Lipinski definition) is 5. The lowest BCUT2D eigenvalue weighted by atomic mass is 9.94. The summed E-state index contributed by atoms with van der Waals surface area (Å²) in [5.74, 6) is -2.20. The second kappa shape index (κ2) is 13.0. The van der Waals surface area contributed by atoms with Gasteiger partial charge in [-0.3, -0.25) is 9.69 Å². The van der Waals surface area contributed by atoms with Crippen molar-refractivity contribution in [3.63, 3.8) is 0 Å². The lowest BCUT2D eigenvalue weighted by Crippen LogP contribution is -2.61. The monoisotopic (exact) mass is 675 g/mol. The average Bonchev–Trinajstić information content (AvgIpc) is 3.85. The van der Waals surface area contributed by atoms with Gasteiger partial charge in [0, 0.05) is 31.8 Å². The van der Waals surface area contributed by atoms with Crippen LogP contribution in [0.4, 0.5) is 10.7 Å². The van der Waals surface area contributed by atoms with E-state index in [0.717, 1.165) is 10.9 Å². The molecule has 6 rings (SSSR count). The van der Waals surface area contributed by atoms with Crippen LogP contribution >= 0.6 is 0 Å². The molecule has 0 bridgehead atoms. The number of rotatable bonds is 11. The minimum atomic E-state index is -4.69. The molecule has 2 aliphatic heterocycles. The third-order valence-electron chi connectivity index (χ3n) is 8.44. The van der Waals surface area contributed by atoms with E-state index in [1.165, 1.54) is 17.0 Å². The van der Waals surface area contributed by atoms with E-state index in [2.05, 4.69) is 25.8 Å². The molecule has 0 saturated carbocycles. The van der Waals surface area contributed by atoms with Crippen LogP contribution in [0.2, 0.25) is 0 Å². The topological polar surface area (TPSA) is 218 Å². The van der Waals surface area contributed by atoms with Gasteiger partial charge in [0.15, 0.2) is 11.5 Å². The Bertz CT molecular complexity index is 1970. The summed E-state index contributed by atoms with van der Waals surface area (Å²) in [6, 6.07) is 19.9. The Kier molecular flexibility index (Phi) is 8.77. The maximum absolute atomic E-state index is 13.5. The van der Waals surface area contributed by atoms with Crippen LogP contribution < -0.4 is 16.4 Å².